The van der Waals surface area contributed by atoms with Gasteiger partial charge in [-0.1, -0.05) is 0 Å². The van der Waals surface area contributed by atoms with E-state index in [4.69, 9.17) is 0 Å². The van der Waals surface area contributed by atoms with Crippen LogP contribution in [0.25, 0.3) is 0 Å². The molecule has 0 aromatic heterocycles. The van der Waals surface area contributed by atoms with Crippen LogP contribution in [0.1, 0.15) is 33.1 Å². The van der Waals surface area contributed by atoms with Gasteiger partial charge < -0.3 is 15.7 Å². The molecule has 0 aliphatic heterocycles. The van der Waals surface area contributed by atoms with Crippen LogP contribution >= 0.6 is 0 Å². The Kier molecular flexibility index (Phi) is 4.11. The van der Waals surface area contributed by atoms with E-state index in [1.54, 1.807) is 7.05 Å². The second-order valence-electron chi connectivity index (χ2n) is 4.95. The van der Waals surface area contributed by atoms with Crippen molar-refractivity contribution < 1.29 is 9.90 Å². The Bertz CT molecular complexity index is 229. The van der Waals surface area contributed by atoms with Crippen LogP contribution in [-0.4, -0.2) is 36.8 Å². The normalized spacial score (nSPS) is 26.7. The van der Waals surface area contributed by atoms with Crippen molar-refractivity contribution >= 4 is 5.91 Å². The van der Waals surface area contributed by atoms with E-state index in [-0.39, 0.29) is 18.1 Å². The summed E-state index contributed by atoms with van der Waals surface area (Å²) in [5.74, 6) is 0.0301. The summed E-state index contributed by atoms with van der Waals surface area (Å²) < 4.78 is 0. The molecule has 15 heavy (non-hydrogen) atoms. The summed E-state index contributed by atoms with van der Waals surface area (Å²) in [5.41, 5.74) is -0.420. The zero-order chi connectivity index (χ0) is 11.5. The first-order valence-corrected chi connectivity index (χ1v) is 5.61. The van der Waals surface area contributed by atoms with Gasteiger partial charge >= 0.3 is 0 Å². The lowest BCUT2D eigenvalue weighted by Gasteiger charge is -2.26. The molecule has 0 radical (unpaired) electrons. The van der Waals surface area contributed by atoms with E-state index in [2.05, 4.69) is 10.6 Å². The molecule has 1 fully saturated rings. The number of hydrogen-bond donors (Lipinski definition) is 3. The Morgan fingerprint density at radius 2 is 2.13 bits per heavy atom. The zero-order valence-corrected chi connectivity index (χ0v) is 9.84. The molecule has 2 atom stereocenters. The molecule has 4 heteroatoms. The summed E-state index contributed by atoms with van der Waals surface area (Å²) in [6.07, 6.45) is 2.70. The number of amides is 1. The standard InChI is InChI=1S/C11H22N2O2/c1-11(2,10(15)12-3)7-13-8-5-4-6-9(8)14/h8-9,13-14H,4-7H2,1-3H3,(H,12,15)/t8-,9-/m0/s1. The average molecular weight is 214 g/mol. The van der Waals surface area contributed by atoms with Gasteiger partial charge in [0.1, 0.15) is 0 Å². The molecule has 0 aromatic rings. The number of nitrogens with one attached hydrogen (secondary N) is 2. The second-order valence-corrected chi connectivity index (χ2v) is 4.95. The number of rotatable bonds is 4. The van der Waals surface area contributed by atoms with Crippen LogP contribution in [-0.2, 0) is 4.79 Å². The van der Waals surface area contributed by atoms with Crippen LogP contribution in [0.5, 0.6) is 0 Å². The fraction of sp³-hybridized carbons (Fsp3) is 0.909. The van der Waals surface area contributed by atoms with E-state index in [9.17, 15) is 9.90 Å². The molecule has 1 amide bonds. The quantitative estimate of drug-likeness (QED) is 0.629. The van der Waals surface area contributed by atoms with E-state index >= 15 is 0 Å². The lowest BCUT2D eigenvalue weighted by Crippen LogP contribution is -2.46. The van der Waals surface area contributed by atoms with E-state index in [1.165, 1.54) is 0 Å². The molecule has 88 valence electrons. The second kappa shape index (κ2) is 4.94. The highest BCUT2D eigenvalue weighted by molar-refractivity contribution is 5.81. The Morgan fingerprint density at radius 3 is 2.60 bits per heavy atom. The molecule has 1 aliphatic rings. The molecule has 0 saturated heterocycles. The van der Waals surface area contributed by atoms with Crippen LogP contribution in [0.2, 0.25) is 0 Å². The molecule has 0 unspecified atom stereocenters. The molecule has 1 saturated carbocycles. The predicted octanol–water partition coefficient (Wildman–Crippen LogP) is 0.262. The summed E-state index contributed by atoms with van der Waals surface area (Å²) in [6, 6.07) is 0.161. The van der Waals surface area contributed by atoms with Gasteiger partial charge in [-0.3, -0.25) is 4.79 Å². The van der Waals surface area contributed by atoms with Gasteiger partial charge in [-0.15, -0.1) is 0 Å². The lowest BCUT2D eigenvalue weighted by atomic mass is 9.92. The maximum Gasteiger partial charge on any atom is 0.226 e. The van der Waals surface area contributed by atoms with Gasteiger partial charge in [0.2, 0.25) is 5.91 Å². The van der Waals surface area contributed by atoms with Gasteiger partial charge in [0.25, 0.3) is 0 Å². The highest BCUT2D eigenvalue weighted by Crippen LogP contribution is 2.21. The Hall–Kier alpha value is -0.610. The SMILES string of the molecule is CNC(=O)C(C)(C)CN[C@H]1CCC[C@@H]1O. The maximum atomic E-state index is 11.5. The van der Waals surface area contributed by atoms with Gasteiger partial charge in [-0.25, -0.2) is 0 Å². The zero-order valence-electron chi connectivity index (χ0n) is 9.84. The largest absolute Gasteiger partial charge is 0.392 e. The molecular weight excluding hydrogens is 192 g/mol. The summed E-state index contributed by atoms with van der Waals surface area (Å²) in [5, 5.41) is 15.5. The highest BCUT2D eigenvalue weighted by Gasteiger charge is 2.30. The maximum absolute atomic E-state index is 11.5. The number of aliphatic hydroxyl groups is 1. The highest BCUT2D eigenvalue weighted by atomic mass is 16.3. The van der Waals surface area contributed by atoms with E-state index in [0.717, 1.165) is 19.3 Å². The number of hydrogen-bond acceptors (Lipinski definition) is 3. The van der Waals surface area contributed by atoms with Crippen molar-refractivity contribution in [1.82, 2.24) is 10.6 Å². The number of aliphatic hydroxyl groups excluding tert-OH is 1. The number of carbonyl (C=O) groups is 1. The smallest absolute Gasteiger partial charge is 0.226 e. The average Bonchev–Trinajstić information content (AvgIpc) is 2.60. The summed E-state index contributed by atoms with van der Waals surface area (Å²) >= 11 is 0. The van der Waals surface area contributed by atoms with Crippen molar-refractivity contribution in [2.45, 2.75) is 45.3 Å². The van der Waals surface area contributed by atoms with Crippen molar-refractivity contribution in [3.05, 3.63) is 0 Å². The van der Waals surface area contributed by atoms with Gasteiger partial charge in [-0.05, 0) is 33.1 Å². The van der Waals surface area contributed by atoms with Crippen molar-refractivity contribution in [1.29, 1.82) is 0 Å². The van der Waals surface area contributed by atoms with E-state index in [1.807, 2.05) is 13.8 Å². The Morgan fingerprint density at radius 1 is 1.47 bits per heavy atom. The minimum Gasteiger partial charge on any atom is -0.392 e. The third kappa shape index (κ3) is 3.18. The molecule has 3 N–H and O–H groups in total. The third-order valence-electron chi connectivity index (χ3n) is 3.13. The third-order valence-corrected chi connectivity index (χ3v) is 3.13. The lowest BCUT2D eigenvalue weighted by molar-refractivity contribution is -0.128. The van der Waals surface area contributed by atoms with Crippen LogP contribution in [0, 0.1) is 5.41 Å². The monoisotopic (exact) mass is 214 g/mol. The molecule has 0 bridgehead atoms. The van der Waals surface area contributed by atoms with E-state index < -0.39 is 5.41 Å². The van der Waals surface area contributed by atoms with Crippen LogP contribution in [0.4, 0.5) is 0 Å². The first-order chi connectivity index (χ1) is 6.97. The molecule has 1 aliphatic carbocycles. The molecule has 1 rings (SSSR count). The van der Waals surface area contributed by atoms with Crippen LogP contribution in [0.3, 0.4) is 0 Å². The topological polar surface area (TPSA) is 61.4 Å². The van der Waals surface area contributed by atoms with E-state index in [0.29, 0.717) is 6.54 Å². The molecule has 0 aromatic carbocycles. The van der Waals surface area contributed by atoms with Gasteiger partial charge in [0.15, 0.2) is 0 Å². The molecule has 4 nitrogen and oxygen atoms in total. The predicted molar refractivity (Wildman–Crippen MR) is 59.5 cm³/mol. The number of carbonyl (C=O) groups excluding carboxylic acids is 1. The van der Waals surface area contributed by atoms with Crippen molar-refractivity contribution in [2.24, 2.45) is 5.41 Å². The summed E-state index contributed by atoms with van der Waals surface area (Å²) in [6.45, 7) is 4.41. The van der Waals surface area contributed by atoms with Crippen LogP contribution < -0.4 is 10.6 Å². The Labute approximate surface area is 91.4 Å². The first-order valence-electron chi connectivity index (χ1n) is 5.61. The minimum atomic E-state index is -0.420. The first kappa shape index (κ1) is 12.5. The van der Waals surface area contributed by atoms with Crippen molar-refractivity contribution in [3.8, 4) is 0 Å². The molecular formula is C11H22N2O2. The van der Waals surface area contributed by atoms with Gasteiger partial charge in [-0.2, -0.15) is 0 Å². The minimum absolute atomic E-state index is 0.0301. The van der Waals surface area contributed by atoms with Gasteiger partial charge in [0.05, 0.1) is 11.5 Å². The fourth-order valence-electron chi connectivity index (χ4n) is 1.98. The van der Waals surface area contributed by atoms with Crippen LogP contribution in [0.15, 0.2) is 0 Å². The molecule has 0 heterocycles. The fourth-order valence-corrected chi connectivity index (χ4v) is 1.98. The van der Waals surface area contributed by atoms with Crippen molar-refractivity contribution in [3.63, 3.8) is 0 Å². The van der Waals surface area contributed by atoms with Crippen molar-refractivity contribution in [2.75, 3.05) is 13.6 Å². The van der Waals surface area contributed by atoms with Gasteiger partial charge in [0, 0.05) is 19.6 Å². The summed E-state index contributed by atoms with van der Waals surface area (Å²) in [7, 11) is 1.65. The summed E-state index contributed by atoms with van der Waals surface area (Å²) in [4.78, 5) is 11.5. The Balaban J connectivity index is 2.38. The molecule has 0 spiro atoms.